The van der Waals surface area contributed by atoms with E-state index in [9.17, 15) is 4.79 Å². The van der Waals surface area contributed by atoms with Crippen molar-refractivity contribution in [2.45, 2.75) is 39.5 Å². The summed E-state index contributed by atoms with van der Waals surface area (Å²) in [6, 6.07) is 0. The molecule has 1 atom stereocenters. The largest absolute Gasteiger partial charge is 0.343 e. The Labute approximate surface area is 93.2 Å². The number of carbonyl (C=O) groups is 1. The summed E-state index contributed by atoms with van der Waals surface area (Å²) in [4.78, 5) is 14.1. The average molecular weight is 212 g/mol. The molecule has 0 aromatic heterocycles. The summed E-state index contributed by atoms with van der Waals surface area (Å²) in [5.41, 5.74) is 0. The van der Waals surface area contributed by atoms with E-state index in [1.165, 1.54) is 0 Å². The average Bonchev–Trinajstić information content (AvgIpc) is 2.31. The Balaban J connectivity index is 2.40. The van der Waals surface area contributed by atoms with E-state index in [1.54, 1.807) is 0 Å². The normalized spacial score (nSPS) is 21.3. The summed E-state index contributed by atoms with van der Waals surface area (Å²) in [6.07, 6.45) is 4.49. The van der Waals surface area contributed by atoms with Crippen LogP contribution in [0.3, 0.4) is 0 Å². The van der Waals surface area contributed by atoms with E-state index in [0.717, 1.165) is 51.9 Å². The van der Waals surface area contributed by atoms with E-state index in [1.807, 2.05) is 4.90 Å². The van der Waals surface area contributed by atoms with E-state index < -0.39 is 0 Å². The van der Waals surface area contributed by atoms with Crippen molar-refractivity contribution in [2.24, 2.45) is 5.92 Å². The van der Waals surface area contributed by atoms with Crippen molar-refractivity contribution in [3.8, 4) is 0 Å². The molecule has 0 bridgehead atoms. The molecule has 1 aliphatic heterocycles. The maximum atomic E-state index is 12.1. The van der Waals surface area contributed by atoms with Crippen LogP contribution in [0.5, 0.6) is 0 Å². The van der Waals surface area contributed by atoms with Crippen LogP contribution in [0, 0.1) is 5.92 Å². The monoisotopic (exact) mass is 212 g/mol. The van der Waals surface area contributed by atoms with E-state index in [4.69, 9.17) is 0 Å². The highest BCUT2D eigenvalue weighted by molar-refractivity contribution is 5.79. The van der Waals surface area contributed by atoms with Gasteiger partial charge in [0.15, 0.2) is 0 Å². The minimum atomic E-state index is 0.232. The minimum Gasteiger partial charge on any atom is -0.343 e. The molecule has 0 aliphatic carbocycles. The highest BCUT2D eigenvalue weighted by Gasteiger charge is 2.24. The molecule has 1 rings (SSSR count). The Morgan fingerprint density at radius 1 is 1.47 bits per heavy atom. The van der Waals surface area contributed by atoms with Crippen LogP contribution in [0.4, 0.5) is 0 Å². The fourth-order valence-corrected chi connectivity index (χ4v) is 2.09. The second-order valence-electron chi connectivity index (χ2n) is 4.31. The van der Waals surface area contributed by atoms with Gasteiger partial charge in [0.2, 0.25) is 5.91 Å². The molecular formula is C12H24N2O. The number of rotatable bonds is 5. The van der Waals surface area contributed by atoms with Gasteiger partial charge in [-0.25, -0.2) is 0 Å². The zero-order valence-electron chi connectivity index (χ0n) is 10.1. The van der Waals surface area contributed by atoms with Gasteiger partial charge in [0, 0.05) is 19.6 Å². The van der Waals surface area contributed by atoms with Crippen LogP contribution in [0.2, 0.25) is 0 Å². The van der Waals surface area contributed by atoms with Crippen molar-refractivity contribution in [3.63, 3.8) is 0 Å². The Kier molecular flexibility index (Phi) is 5.69. The molecule has 0 saturated carbocycles. The molecule has 1 N–H and O–H groups in total. The molecule has 1 saturated heterocycles. The maximum Gasteiger partial charge on any atom is 0.226 e. The Morgan fingerprint density at radius 3 is 2.80 bits per heavy atom. The summed E-state index contributed by atoms with van der Waals surface area (Å²) in [6.45, 7) is 7.98. The highest BCUT2D eigenvalue weighted by atomic mass is 16.2. The van der Waals surface area contributed by atoms with Crippen LogP contribution in [0.25, 0.3) is 0 Å². The first-order valence-electron chi connectivity index (χ1n) is 6.29. The van der Waals surface area contributed by atoms with Gasteiger partial charge in [-0.1, -0.05) is 13.3 Å². The van der Waals surface area contributed by atoms with E-state index in [2.05, 4.69) is 19.2 Å². The zero-order valence-corrected chi connectivity index (χ0v) is 10.1. The van der Waals surface area contributed by atoms with Gasteiger partial charge in [0.25, 0.3) is 0 Å². The van der Waals surface area contributed by atoms with Crippen molar-refractivity contribution >= 4 is 5.91 Å². The molecule has 3 nitrogen and oxygen atoms in total. The molecule has 1 heterocycles. The number of amides is 1. The molecule has 88 valence electrons. The quantitative estimate of drug-likeness (QED) is 0.751. The number of nitrogens with one attached hydrogen (secondary N) is 1. The van der Waals surface area contributed by atoms with Crippen LogP contribution in [0.15, 0.2) is 0 Å². The predicted molar refractivity (Wildman–Crippen MR) is 62.8 cm³/mol. The number of unbranched alkanes of at least 4 members (excludes halogenated alkanes) is 1. The number of hydrogen-bond donors (Lipinski definition) is 1. The molecule has 0 radical (unpaired) electrons. The number of piperidine rings is 1. The van der Waals surface area contributed by atoms with Gasteiger partial charge in [0.1, 0.15) is 0 Å². The Bertz CT molecular complexity index is 188. The van der Waals surface area contributed by atoms with Gasteiger partial charge in [-0.3, -0.25) is 4.79 Å². The highest BCUT2D eigenvalue weighted by Crippen LogP contribution is 2.13. The second-order valence-corrected chi connectivity index (χ2v) is 4.31. The van der Waals surface area contributed by atoms with Gasteiger partial charge < -0.3 is 10.2 Å². The SMILES string of the molecule is CCCCN(CC)C(=O)C1CCCNC1. The molecule has 0 aromatic rings. The molecule has 0 aromatic carbocycles. The van der Waals surface area contributed by atoms with E-state index in [0.29, 0.717) is 5.91 Å². The van der Waals surface area contributed by atoms with Gasteiger partial charge >= 0.3 is 0 Å². The van der Waals surface area contributed by atoms with Crippen molar-refractivity contribution in [2.75, 3.05) is 26.2 Å². The van der Waals surface area contributed by atoms with Crippen LogP contribution in [-0.4, -0.2) is 37.0 Å². The minimum absolute atomic E-state index is 0.232. The third-order valence-electron chi connectivity index (χ3n) is 3.12. The fraction of sp³-hybridized carbons (Fsp3) is 0.917. The van der Waals surface area contributed by atoms with Crippen LogP contribution < -0.4 is 5.32 Å². The van der Waals surface area contributed by atoms with Crippen molar-refractivity contribution < 1.29 is 4.79 Å². The summed E-state index contributed by atoms with van der Waals surface area (Å²) in [7, 11) is 0. The second kappa shape index (κ2) is 6.83. The van der Waals surface area contributed by atoms with Crippen LogP contribution in [0.1, 0.15) is 39.5 Å². The summed E-state index contributed by atoms with van der Waals surface area (Å²) in [5.74, 6) is 0.591. The van der Waals surface area contributed by atoms with Gasteiger partial charge in [-0.05, 0) is 32.7 Å². The Hall–Kier alpha value is -0.570. The zero-order chi connectivity index (χ0) is 11.1. The third-order valence-corrected chi connectivity index (χ3v) is 3.12. The molecule has 1 aliphatic rings. The first kappa shape index (κ1) is 12.5. The lowest BCUT2D eigenvalue weighted by Crippen LogP contribution is -2.43. The lowest BCUT2D eigenvalue weighted by atomic mass is 9.98. The van der Waals surface area contributed by atoms with Gasteiger partial charge in [0.05, 0.1) is 5.92 Å². The fourth-order valence-electron chi connectivity index (χ4n) is 2.09. The molecule has 1 amide bonds. The van der Waals surface area contributed by atoms with Gasteiger partial charge in [-0.2, -0.15) is 0 Å². The van der Waals surface area contributed by atoms with Crippen molar-refractivity contribution in [3.05, 3.63) is 0 Å². The number of carbonyl (C=O) groups excluding carboxylic acids is 1. The molecule has 1 unspecified atom stereocenters. The Morgan fingerprint density at radius 2 is 2.27 bits per heavy atom. The van der Waals surface area contributed by atoms with E-state index in [-0.39, 0.29) is 5.92 Å². The molecule has 1 fully saturated rings. The van der Waals surface area contributed by atoms with Crippen molar-refractivity contribution in [1.82, 2.24) is 10.2 Å². The lowest BCUT2D eigenvalue weighted by Gasteiger charge is -2.28. The smallest absolute Gasteiger partial charge is 0.226 e. The number of nitrogens with zero attached hydrogens (tertiary/aromatic N) is 1. The standard InChI is InChI=1S/C12H24N2O/c1-3-5-9-14(4-2)12(15)11-7-6-8-13-10-11/h11,13H,3-10H2,1-2H3. The molecule has 3 heteroatoms. The summed E-state index contributed by atoms with van der Waals surface area (Å²) in [5, 5.41) is 3.30. The molecular weight excluding hydrogens is 188 g/mol. The molecule has 0 spiro atoms. The van der Waals surface area contributed by atoms with Gasteiger partial charge in [-0.15, -0.1) is 0 Å². The van der Waals surface area contributed by atoms with E-state index >= 15 is 0 Å². The maximum absolute atomic E-state index is 12.1. The predicted octanol–water partition coefficient (Wildman–Crippen LogP) is 1.63. The summed E-state index contributed by atoms with van der Waals surface area (Å²) >= 11 is 0. The lowest BCUT2D eigenvalue weighted by molar-refractivity contribution is -0.135. The first-order chi connectivity index (χ1) is 7.29. The third kappa shape index (κ3) is 3.82. The summed E-state index contributed by atoms with van der Waals surface area (Å²) < 4.78 is 0. The molecule has 15 heavy (non-hydrogen) atoms. The van der Waals surface area contributed by atoms with Crippen LogP contribution >= 0.6 is 0 Å². The number of hydrogen-bond acceptors (Lipinski definition) is 2. The topological polar surface area (TPSA) is 32.3 Å². The van der Waals surface area contributed by atoms with Crippen LogP contribution in [-0.2, 0) is 4.79 Å². The van der Waals surface area contributed by atoms with Crippen molar-refractivity contribution in [1.29, 1.82) is 0 Å². The first-order valence-corrected chi connectivity index (χ1v) is 6.29.